The molecule has 0 heterocycles. The second kappa shape index (κ2) is 8.67. The summed E-state index contributed by atoms with van der Waals surface area (Å²) in [6.45, 7) is 1.77. The van der Waals surface area contributed by atoms with Crippen LogP contribution in [0, 0.1) is 6.92 Å². The first kappa shape index (κ1) is 19.0. The molecule has 0 unspecified atom stereocenters. The van der Waals surface area contributed by atoms with Crippen molar-refractivity contribution in [2.45, 2.75) is 13.3 Å². The van der Waals surface area contributed by atoms with Crippen molar-refractivity contribution < 1.29 is 19.4 Å². The lowest BCUT2D eigenvalue weighted by Gasteiger charge is -2.04. The van der Waals surface area contributed by atoms with E-state index in [1.807, 2.05) is 0 Å². The lowest BCUT2D eigenvalue weighted by atomic mass is 10.1. The molecule has 0 aromatic heterocycles. The highest BCUT2D eigenvalue weighted by molar-refractivity contribution is 6.10. The van der Waals surface area contributed by atoms with Gasteiger partial charge in [0, 0.05) is 0 Å². The van der Waals surface area contributed by atoms with Crippen LogP contribution in [0.4, 0.5) is 5.69 Å². The summed E-state index contributed by atoms with van der Waals surface area (Å²) in [7, 11) is 1.52. The van der Waals surface area contributed by atoms with E-state index in [9.17, 15) is 14.7 Å². The van der Waals surface area contributed by atoms with Gasteiger partial charge < -0.3 is 15.6 Å². The van der Waals surface area contributed by atoms with E-state index in [0.29, 0.717) is 11.4 Å². The molecule has 0 aliphatic heterocycles. The number of aryl methyl sites for hydroxylation is 1. The zero-order valence-corrected chi connectivity index (χ0v) is 14.7. The first-order chi connectivity index (χ1) is 12.4. The third kappa shape index (κ3) is 5.34. The van der Waals surface area contributed by atoms with Crippen LogP contribution in [0.15, 0.2) is 48.6 Å². The van der Waals surface area contributed by atoms with E-state index >= 15 is 0 Å². The van der Waals surface area contributed by atoms with Gasteiger partial charge in [-0.25, -0.2) is 0 Å². The highest BCUT2D eigenvalue weighted by atomic mass is 16.5. The van der Waals surface area contributed by atoms with Crippen LogP contribution in [-0.2, 0) is 9.59 Å². The number of anilines is 1. The van der Waals surface area contributed by atoms with Crippen molar-refractivity contribution in [3.8, 4) is 11.5 Å². The van der Waals surface area contributed by atoms with E-state index in [1.165, 1.54) is 19.3 Å². The Morgan fingerprint density at radius 2 is 1.62 bits per heavy atom. The molecular weight excluding hydrogens is 330 g/mol. The number of hydrogen-bond donors (Lipinski definition) is 2. The summed E-state index contributed by atoms with van der Waals surface area (Å²) in [5.41, 5.74) is 8.51. The molecular formula is C21H21NO4. The Balaban J connectivity index is 1.95. The van der Waals surface area contributed by atoms with Crippen LogP contribution in [0.1, 0.15) is 23.1 Å². The first-order valence-corrected chi connectivity index (χ1v) is 8.04. The van der Waals surface area contributed by atoms with Crippen LogP contribution in [0.2, 0.25) is 0 Å². The minimum atomic E-state index is -0.294. The summed E-state index contributed by atoms with van der Waals surface area (Å²) in [4.78, 5) is 23.8. The largest absolute Gasteiger partial charge is 0.508 e. The molecule has 0 spiro atoms. The highest BCUT2D eigenvalue weighted by Crippen LogP contribution is 2.22. The van der Waals surface area contributed by atoms with Gasteiger partial charge in [0.15, 0.2) is 11.6 Å². The van der Waals surface area contributed by atoms with Crippen LogP contribution in [-0.4, -0.2) is 23.8 Å². The number of phenols is 1. The maximum Gasteiger partial charge on any atom is 0.163 e. The summed E-state index contributed by atoms with van der Waals surface area (Å²) in [6.07, 6.45) is 5.75. The highest BCUT2D eigenvalue weighted by Gasteiger charge is 2.05. The van der Waals surface area contributed by atoms with Gasteiger partial charge >= 0.3 is 0 Å². The van der Waals surface area contributed by atoms with Crippen molar-refractivity contribution in [3.63, 3.8) is 0 Å². The van der Waals surface area contributed by atoms with E-state index in [0.717, 1.165) is 16.7 Å². The Morgan fingerprint density at radius 3 is 2.19 bits per heavy atom. The molecule has 0 saturated carbocycles. The number of nitrogen functional groups attached to an aromatic ring is 1. The fraction of sp³-hybridized carbons (Fsp3) is 0.143. The maximum atomic E-state index is 11.9. The van der Waals surface area contributed by atoms with Crippen molar-refractivity contribution in [2.75, 3.05) is 12.8 Å². The van der Waals surface area contributed by atoms with Gasteiger partial charge in [0.25, 0.3) is 0 Å². The van der Waals surface area contributed by atoms with Crippen molar-refractivity contribution >= 4 is 29.4 Å². The standard InChI is InChI=1S/C21H21NO4/c1-14-11-15(6-10-20(14)25)3-7-17(23)13-18(24)8-4-16-5-9-19(22)21(12-16)26-2/h3-12,25H,13,22H2,1-2H3/b7-3+,8-4+. The van der Waals surface area contributed by atoms with Crippen molar-refractivity contribution in [2.24, 2.45) is 0 Å². The van der Waals surface area contributed by atoms with E-state index in [2.05, 4.69) is 0 Å². The third-order valence-electron chi connectivity index (χ3n) is 3.75. The van der Waals surface area contributed by atoms with Gasteiger partial charge in [-0.15, -0.1) is 0 Å². The first-order valence-electron chi connectivity index (χ1n) is 8.04. The van der Waals surface area contributed by atoms with Crippen molar-refractivity contribution in [1.82, 2.24) is 0 Å². The van der Waals surface area contributed by atoms with Gasteiger partial charge in [-0.2, -0.15) is 0 Å². The van der Waals surface area contributed by atoms with Gasteiger partial charge in [0.1, 0.15) is 11.5 Å². The van der Waals surface area contributed by atoms with Crippen LogP contribution < -0.4 is 10.5 Å². The van der Waals surface area contributed by atoms with Crippen molar-refractivity contribution in [3.05, 3.63) is 65.2 Å². The smallest absolute Gasteiger partial charge is 0.163 e. The zero-order valence-electron chi connectivity index (χ0n) is 14.7. The Labute approximate surface area is 152 Å². The van der Waals surface area contributed by atoms with E-state index in [1.54, 1.807) is 55.5 Å². The molecule has 26 heavy (non-hydrogen) atoms. The quantitative estimate of drug-likeness (QED) is 0.452. The Hall–Kier alpha value is -3.34. The number of ether oxygens (including phenoxy) is 1. The molecule has 2 aromatic carbocycles. The van der Waals surface area contributed by atoms with Gasteiger partial charge in [-0.1, -0.05) is 24.3 Å². The van der Waals surface area contributed by atoms with E-state index in [4.69, 9.17) is 10.5 Å². The second-order valence-corrected chi connectivity index (χ2v) is 5.82. The molecule has 5 nitrogen and oxygen atoms in total. The summed E-state index contributed by atoms with van der Waals surface area (Å²) >= 11 is 0. The summed E-state index contributed by atoms with van der Waals surface area (Å²) in [5, 5.41) is 9.48. The number of benzene rings is 2. The van der Waals surface area contributed by atoms with Crippen molar-refractivity contribution in [1.29, 1.82) is 0 Å². The molecule has 2 aromatic rings. The number of phenolic OH excluding ortho intramolecular Hbond substituents is 1. The second-order valence-electron chi connectivity index (χ2n) is 5.82. The lowest BCUT2D eigenvalue weighted by Crippen LogP contribution is -2.02. The minimum absolute atomic E-state index is 0.202. The lowest BCUT2D eigenvalue weighted by molar-refractivity contribution is -0.121. The number of carbonyl (C=O) groups excluding carboxylic acids is 2. The molecule has 0 radical (unpaired) electrons. The summed E-state index contributed by atoms with van der Waals surface area (Å²) in [5.74, 6) is 0.147. The van der Waals surface area contributed by atoms with Crippen LogP contribution in [0.5, 0.6) is 11.5 Å². The fourth-order valence-corrected chi connectivity index (χ4v) is 2.28. The number of allylic oxidation sites excluding steroid dienone is 2. The third-order valence-corrected chi connectivity index (χ3v) is 3.75. The Kier molecular flexibility index (Phi) is 6.33. The Bertz CT molecular complexity index is 882. The number of methoxy groups -OCH3 is 1. The number of aromatic hydroxyl groups is 1. The molecule has 3 N–H and O–H groups in total. The minimum Gasteiger partial charge on any atom is -0.508 e. The topological polar surface area (TPSA) is 89.6 Å². The molecule has 134 valence electrons. The summed E-state index contributed by atoms with van der Waals surface area (Å²) in [6, 6.07) is 10.2. The van der Waals surface area contributed by atoms with Crippen LogP contribution in [0.3, 0.4) is 0 Å². The SMILES string of the molecule is COc1cc(/C=C/C(=O)CC(=O)/C=C/c2ccc(O)c(C)c2)ccc1N. The summed E-state index contributed by atoms with van der Waals surface area (Å²) < 4.78 is 5.12. The zero-order chi connectivity index (χ0) is 19.1. The number of nitrogens with two attached hydrogens (primary N) is 1. The predicted molar refractivity (Wildman–Crippen MR) is 103 cm³/mol. The van der Waals surface area contributed by atoms with Gasteiger partial charge in [-0.3, -0.25) is 9.59 Å². The molecule has 0 saturated heterocycles. The number of rotatable bonds is 7. The maximum absolute atomic E-state index is 11.9. The average molecular weight is 351 g/mol. The number of ketones is 2. The molecule has 0 aliphatic rings. The van der Waals surface area contributed by atoms with Crippen LogP contribution >= 0.6 is 0 Å². The average Bonchev–Trinajstić information content (AvgIpc) is 2.62. The molecule has 0 amide bonds. The monoisotopic (exact) mass is 351 g/mol. The fourth-order valence-electron chi connectivity index (χ4n) is 2.28. The number of hydrogen-bond acceptors (Lipinski definition) is 5. The molecule has 5 heteroatoms. The molecule has 0 fully saturated rings. The Morgan fingerprint density at radius 1 is 1.04 bits per heavy atom. The van der Waals surface area contributed by atoms with Crippen LogP contribution in [0.25, 0.3) is 12.2 Å². The van der Waals surface area contributed by atoms with Gasteiger partial charge in [0.05, 0.1) is 19.2 Å². The van der Waals surface area contributed by atoms with Gasteiger partial charge in [0.2, 0.25) is 0 Å². The molecule has 2 rings (SSSR count). The van der Waals surface area contributed by atoms with E-state index < -0.39 is 0 Å². The normalized spacial score (nSPS) is 11.2. The molecule has 0 bridgehead atoms. The predicted octanol–water partition coefficient (Wildman–Crippen LogP) is 3.55. The van der Waals surface area contributed by atoms with E-state index in [-0.39, 0.29) is 23.7 Å². The molecule has 0 aliphatic carbocycles. The number of carbonyl (C=O) groups is 2. The molecule has 0 atom stereocenters. The van der Waals surface area contributed by atoms with Gasteiger partial charge in [-0.05, 0) is 60.0 Å².